The molecule has 7 nitrogen and oxygen atoms in total. The number of likely N-dealkylation sites (N-methyl/N-ethyl adjacent to an activating group) is 1. The normalized spacial score (nSPS) is 16.8. The van der Waals surface area contributed by atoms with Gasteiger partial charge in [0.2, 0.25) is 0 Å². The first kappa shape index (κ1) is 19.5. The maximum absolute atomic E-state index is 12.7. The van der Waals surface area contributed by atoms with Gasteiger partial charge < -0.3 is 14.9 Å². The number of aromatic carboxylic acids is 1. The van der Waals surface area contributed by atoms with Gasteiger partial charge in [-0.3, -0.25) is 9.69 Å². The molecule has 1 aliphatic rings. The van der Waals surface area contributed by atoms with E-state index in [0.29, 0.717) is 28.1 Å². The van der Waals surface area contributed by atoms with E-state index in [4.69, 9.17) is 9.84 Å². The largest absolute Gasteiger partial charge is 0.507 e. The topological polar surface area (TPSA) is 99.4 Å². The number of carbonyl (C=O) groups is 2. The number of methoxy groups -OCH3 is 1. The highest BCUT2D eigenvalue weighted by Crippen LogP contribution is 2.36. The smallest absolute Gasteiger partial charge is 0.339 e. The lowest BCUT2D eigenvalue weighted by atomic mass is 10.2. The van der Waals surface area contributed by atoms with Crippen LogP contribution in [0.3, 0.4) is 0 Å². The summed E-state index contributed by atoms with van der Waals surface area (Å²) in [5, 5.41) is 19.3. The predicted octanol–water partition coefficient (Wildman–Crippen LogP) is 3.72. The van der Waals surface area contributed by atoms with E-state index in [1.807, 2.05) is 31.2 Å². The molecule has 0 spiro atoms. The Hall–Kier alpha value is -3.26. The van der Waals surface area contributed by atoms with Crippen molar-refractivity contribution in [1.82, 2.24) is 4.90 Å². The Morgan fingerprint density at radius 2 is 2.04 bits per heavy atom. The number of thioether (sulfide) groups is 1. The summed E-state index contributed by atoms with van der Waals surface area (Å²) in [6.45, 7) is 2.26. The first-order valence-electron chi connectivity index (χ1n) is 8.44. The van der Waals surface area contributed by atoms with Crippen molar-refractivity contribution in [2.75, 3.05) is 13.7 Å². The summed E-state index contributed by atoms with van der Waals surface area (Å²) in [5.41, 5.74) is 0.930. The number of rotatable bonds is 5. The van der Waals surface area contributed by atoms with Crippen molar-refractivity contribution in [3.8, 4) is 11.5 Å². The first-order valence-corrected chi connectivity index (χ1v) is 9.25. The Morgan fingerprint density at radius 3 is 2.68 bits per heavy atom. The van der Waals surface area contributed by atoms with Crippen LogP contribution in [0.1, 0.15) is 22.8 Å². The third-order valence-corrected chi connectivity index (χ3v) is 5.07. The van der Waals surface area contributed by atoms with Crippen LogP contribution in [-0.4, -0.2) is 45.8 Å². The average molecular weight is 398 g/mol. The molecule has 0 aromatic heterocycles. The molecule has 3 rings (SSSR count). The maximum Gasteiger partial charge on any atom is 0.339 e. The maximum atomic E-state index is 12.7. The summed E-state index contributed by atoms with van der Waals surface area (Å²) in [4.78, 5) is 30.2. The van der Waals surface area contributed by atoms with Crippen LogP contribution in [-0.2, 0) is 4.79 Å². The third kappa shape index (κ3) is 3.86. The van der Waals surface area contributed by atoms with Crippen LogP contribution < -0.4 is 4.74 Å². The van der Waals surface area contributed by atoms with Gasteiger partial charge in [0, 0.05) is 18.2 Å². The lowest BCUT2D eigenvalue weighted by Crippen LogP contribution is -2.28. The molecule has 1 fully saturated rings. The van der Waals surface area contributed by atoms with Crippen molar-refractivity contribution in [3.63, 3.8) is 0 Å². The minimum absolute atomic E-state index is 0.177. The molecule has 2 aromatic rings. The molecule has 1 amide bonds. The minimum atomic E-state index is -1.22. The zero-order chi connectivity index (χ0) is 20.3. The summed E-state index contributed by atoms with van der Waals surface area (Å²) >= 11 is 1.21. The Kier molecular flexibility index (Phi) is 5.70. The molecule has 8 heteroatoms. The number of hydrogen-bond donors (Lipinski definition) is 2. The van der Waals surface area contributed by atoms with Crippen LogP contribution in [0.25, 0.3) is 6.08 Å². The van der Waals surface area contributed by atoms with Gasteiger partial charge in [-0.2, -0.15) is 0 Å². The summed E-state index contributed by atoms with van der Waals surface area (Å²) in [6.07, 6.45) is 1.75. The van der Waals surface area contributed by atoms with Gasteiger partial charge in [0.1, 0.15) is 17.1 Å². The average Bonchev–Trinajstić information content (AvgIpc) is 2.96. The molecule has 0 unspecified atom stereocenters. The van der Waals surface area contributed by atoms with E-state index in [2.05, 4.69) is 4.99 Å². The molecule has 0 aliphatic carbocycles. The number of carboxylic acid groups (broad SMARTS) is 1. The quantitative estimate of drug-likeness (QED) is 0.745. The van der Waals surface area contributed by atoms with E-state index in [9.17, 15) is 14.7 Å². The molecule has 144 valence electrons. The first-order chi connectivity index (χ1) is 13.4. The minimum Gasteiger partial charge on any atom is -0.507 e. The van der Waals surface area contributed by atoms with E-state index in [-0.39, 0.29) is 17.2 Å². The molecular formula is C20H18N2O5S. The number of amidine groups is 1. The number of aliphatic imine (C=N–C) groups is 1. The standard InChI is InChI=1S/C20H18N2O5S/c1-3-22-18(24)17(10-12-6-4-5-7-16(12)27-2)28-20(22)21-13-8-9-14(19(25)26)15(23)11-13/h4-11,23H,3H2,1-2H3,(H,25,26)/b17-10-,21-20?. The fraction of sp³-hybridized carbons (Fsp3) is 0.150. The van der Waals surface area contributed by atoms with E-state index in [1.165, 1.54) is 34.9 Å². The second-order valence-corrected chi connectivity index (χ2v) is 6.81. The molecule has 0 radical (unpaired) electrons. The molecule has 2 N–H and O–H groups in total. The molecule has 1 saturated heterocycles. The van der Waals surface area contributed by atoms with E-state index in [0.717, 1.165) is 5.56 Å². The van der Waals surface area contributed by atoms with Crippen molar-refractivity contribution in [2.45, 2.75) is 6.92 Å². The summed E-state index contributed by atoms with van der Waals surface area (Å²) in [6, 6.07) is 11.4. The van der Waals surface area contributed by atoms with Gasteiger partial charge >= 0.3 is 5.97 Å². The van der Waals surface area contributed by atoms with Crippen LogP contribution in [0, 0.1) is 0 Å². The SMILES string of the molecule is CCN1C(=O)/C(=C/c2ccccc2OC)SC1=Nc1ccc(C(=O)O)c(O)c1. The van der Waals surface area contributed by atoms with Gasteiger partial charge in [-0.1, -0.05) is 18.2 Å². The summed E-state index contributed by atoms with van der Waals surface area (Å²) in [5.74, 6) is -1.12. The van der Waals surface area contributed by atoms with Gasteiger partial charge in [0.15, 0.2) is 5.17 Å². The third-order valence-electron chi connectivity index (χ3n) is 4.07. The predicted molar refractivity (Wildman–Crippen MR) is 108 cm³/mol. The fourth-order valence-corrected chi connectivity index (χ4v) is 3.73. The van der Waals surface area contributed by atoms with Gasteiger partial charge in [-0.25, -0.2) is 9.79 Å². The van der Waals surface area contributed by atoms with Crippen molar-refractivity contribution in [3.05, 3.63) is 58.5 Å². The number of phenols is 1. The van der Waals surface area contributed by atoms with Gasteiger partial charge in [0.05, 0.1) is 17.7 Å². The van der Waals surface area contributed by atoms with Gasteiger partial charge in [0.25, 0.3) is 5.91 Å². The molecule has 28 heavy (non-hydrogen) atoms. The number of hydrogen-bond acceptors (Lipinski definition) is 6. The van der Waals surface area contributed by atoms with Crippen LogP contribution >= 0.6 is 11.8 Å². The van der Waals surface area contributed by atoms with Crippen molar-refractivity contribution in [2.24, 2.45) is 4.99 Å². The number of para-hydroxylation sites is 1. The zero-order valence-corrected chi connectivity index (χ0v) is 16.1. The second-order valence-electron chi connectivity index (χ2n) is 5.80. The van der Waals surface area contributed by atoms with E-state index < -0.39 is 5.97 Å². The molecule has 1 heterocycles. The Labute approximate surface area is 166 Å². The van der Waals surface area contributed by atoms with Crippen LogP contribution in [0.2, 0.25) is 0 Å². The van der Waals surface area contributed by atoms with Crippen molar-refractivity contribution in [1.29, 1.82) is 0 Å². The molecule has 1 aliphatic heterocycles. The van der Waals surface area contributed by atoms with Crippen LogP contribution in [0.15, 0.2) is 52.4 Å². The summed E-state index contributed by atoms with van der Waals surface area (Å²) < 4.78 is 5.33. The molecule has 0 bridgehead atoms. The number of carboxylic acids is 1. The van der Waals surface area contributed by atoms with E-state index >= 15 is 0 Å². The highest BCUT2D eigenvalue weighted by Gasteiger charge is 2.32. The molecule has 2 aromatic carbocycles. The number of carbonyl (C=O) groups excluding carboxylic acids is 1. The van der Waals surface area contributed by atoms with Crippen LogP contribution in [0.4, 0.5) is 5.69 Å². The Balaban J connectivity index is 1.96. The number of ether oxygens (including phenoxy) is 1. The number of aromatic hydroxyl groups is 1. The Morgan fingerprint density at radius 1 is 1.29 bits per heavy atom. The molecule has 0 saturated carbocycles. The molecule has 0 atom stereocenters. The highest BCUT2D eigenvalue weighted by atomic mass is 32.2. The number of amides is 1. The van der Waals surface area contributed by atoms with Crippen molar-refractivity contribution < 1.29 is 24.5 Å². The van der Waals surface area contributed by atoms with Gasteiger partial charge in [-0.15, -0.1) is 0 Å². The fourth-order valence-electron chi connectivity index (χ4n) is 2.68. The van der Waals surface area contributed by atoms with Crippen molar-refractivity contribution >= 4 is 40.6 Å². The summed E-state index contributed by atoms with van der Waals surface area (Å²) in [7, 11) is 1.57. The highest BCUT2D eigenvalue weighted by molar-refractivity contribution is 8.18. The molecular weight excluding hydrogens is 380 g/mol. The second kappa shape index (κ2) is 8.18. The number of benzene rings is 2. The lowest BCUT2D eigenvalue weighted by molar-refractivity contribution is -0.122. The lowest BCUT2D eigenvalue weighted by Gasteiger charge is -2.12. The van der Waals surface area contributed by atoms with Gasteiger partial charge in [-0.05, 0) is 43.0 Å². The Bertz CT molecular complexity index is 1000. The monoisotopic (exact) mass is 398 g/mol. The number of nitrogens with zero attached hydrogens (tertiary/aromatic N) is 2. The van der Waals surface area contributed by atoms with Crippen LogP contribution in [0.5, 0.6) is 11.5 Å². The zero-order valence-electron chi connectivity index (χ0n) is 15.2. The van der Waals surface area contributed by atoms with E-state index in [1.54, 1.807) is 13.2 Å².